The number of methoxy groups -OCH3 is 1. The highest BCUT2D eigenvalue weighted by Crippen LogP contribution is 2.36. The maximum atomic E-state index is 14.1. The fourth-order valence-corrected chi connectivity index (χ4v) is 5.69. The van der Waals surface area contributed by atoms with E-state index in [-0.39, 0.29) is 18.2 Å². The lowest BCUT2D eigenvalue weighted by molar-refractivity contribution is -0.142. The lowest BCUT2D eigenvalue weighted by atomic mass is 10.1. The predicted octanol–water partition coefficient (Wildman–Crippen LogP) is 6.09. The fraction of sp³-hybridized carbons (Fsp3) is 0.345. The number of nitrogens with one attached hydrogen (secondary N) is 2. The number of nitrogens with zero attached hydrogens (tertiary/aromatic N) is 6. The number of hydrogen-bond donors (Lipinski definition) is 2. The lowest BCUT2D eigenvalue weighted by Gasteiger charge is -2.41. The topological polar surface area (TPSA) is 86.6 Å². The summed E-state index contributed by atoms with van der Waals surface area (Å²) in [4.78, 5) is 16.1. The second-order valence-electron chi connectivity index (χ2n) is 11.0. The molecule has 4 heterocycles. The number of anilines is 2. The summed E-state index contributed by atoms with van der Waals surface area (Å²) in [6, 6.07) is 13.5. The van der Waals surface area contributed by atoms with Crippen molar-refractivity contribution in [2.24, 2.45) is 0 Å². The van der Waals surface area contributed by atoms with Crippen molar-refractivity contribution < 1.29 is 17.9 Å². The van der Waals surface area contributed by atoms with Gasteiger partial charge in [0.25, 0.3) is 0 Å². The highest BCUT2D eigenvalue weighted by atomic mass is 35.5. The highest BCUT2D eigenvalue weighted by Gasteiger charge is 2.38. The minimum atomic E-state index is -4.63. The van der Waals surface area contributed by atoms with Crippen molar-refractivity contribution in [3.8, 4) is 5.75 Å². The molecule has 2 fully saturated rings. The molecule has 1 saturated carbocycles. The Kier molecular flexibility index (Phi) is 7.02. The number of halogens is 5. The summed E-state index contributed by atoms with van der Waals surface area (Å²) in [5.41, 5.74) is 1.90. The van der Waals surface area contributed by atoms with Gasteiger partial charge < -0.3 is 24.8 Å². The Morgan fingerprint density at radius 3 is 2.49 bits per heavy atom. The molecule has 1 aliphatic carbocycles. The van der Waals surface area contributed by atoms with Gasteiger partial charge >= 0.3 is 6.18 Å². The van der Waals surface area contributed by atoms with Gasteiger partial charge in [0.1, 0.15) is 11.6 Å². The number of benzene rings is 2. The van der Waals surface area contributed by atoms with E-state index in [1.807, 2.05) is 40.1 Å². The van der Waals surface area contributed by atoms with Gasteiger partial charge in [-0.2, -0.15) is 13.2 Å². The van der Waals surface area contributed by atoms with Crippen LogP contribution in [0.15, 0.2) is 48.7 Å². The van der Waals surface area contributed by atoms with Crippen LogP contribution < -0.4 is 19.9 Å². The first-order valence-electron chi connectivity index (χ1n) is 13.8. The zero-order valence-corrected chi connectivity index (χ0v) is 24.5. The number of fused-ring (bicyclic) bond motifs is 2. The van der Waals surface area contributed by atoms with E-state index >= 15 is 0 Å². The van der Waals surface area contributed by atoms with Gasteiger partial charge in [-0.3, -0.25) is 0 Å². The normalized spacial score (nSPS) is 15.8. The summed E-state index contributed by atoms with van der Waals surface area (Å²) in [5.74, 6) is 1.73. The van der Waals surface area contributed by atoms with Crippen LogP contribution in [0.3, 0.4) is 0 Å². The Balaban J connectivity index is 1.31. The molecule has 0 radical (unpaired) electrons. The van der Waals surface area contributed by atoms with Crippen molar-refractivity contribution in [2.75, 3.05) is 30.0 Å². The third-order valence-electron chi connectivity index (χ3n) is 7.77. The van der Waals surface area contributed by atoms with Gasteiger partial charge in [0.05, 0.1) is 46.6 Å². The van der Waals surface area contributed by atoms with E-state index in [0.29, 0.717) is 69.8 Å². The summed E-state index contributed by atoms with van der Waals surface area (Å²) < 4.78 is 48.5. The molecule has 43 heavy (non-hydrogen) atoms. The van der Waals surface area contributed by atoms with E-state index in [4.69, 9.17) is 32.9 Å². The number of aromatic nitrogens is 5. The number of ether oxygens (including phenoxy) is 1. The molecule has 2 N–H and O–H groups in total. The maximum Gasteiger partial charge on any atom is 0.435 e. The van der Waals surface area contributed by atoms with Gasteiger partial charge in [0, 0.05) is 37.8 Å². The monoisotopic (exact) mass is 630 g/mol. The largest absolute Gasteiger partial charge is 0.497 e. The molecule has 224 valence electrons. The molecule has 9 nitrogen and oxygen atoms in total. The number of alkyl halides is 3. The van der Waals surface area contributed by atoms with Crippen LogP contribution in [0, 0.1) is 0 Å². The molecule has 1 saturated heterocycles. The zero-order valence-electron chi connectivity index (χ0n) is 23.0. The van der Waals surface area contributed by atoms with E-state index in [1.54, 1.807) is 19.2 Å². The Morgan fingerprint density at radius 1 is 1.05 bits per heavy atom. The van der Waals surface area contributed by atoms with Crippen molar-refractivity contribution in [1.29, 1.82) is 0 Å². The van der Waals surface area contributed by atoms with Crippen LogP contribution in [0.1, 0.15) is 29.9 Å². The quantitative estimate of drug-likeness (QED) is 0.204. The van der Waals surface area contributed by atoms with Gasteiger partial charge in [-0.05, 0) is 42.7 Å². The number of aromatic amines is 1. The summed E-state index contributed by atoms with van der Waals surface area (Å²) in [7, 11) is 1.59. The van der Waals surface area contributed by atoms with E-state index in [0.717, 1.165) is 29.1 Å². The number of H-pyrrole nitrogens is 1. The average molecular weight is 631 g/mol. The molecular weight excluding hydrogens is 604 g/mol. The molecule has 2 aliphatic rings. The Bertz CT molecular complexity index is 1760. The van der Waals surface area contributed by atoms with Gasteiger partial charge in [-0.25, -0.2) is 14.5 Å². The zero-order chi connectivity index (χ0) is 29.9. The summed E-state index contributed by atoms with van der Waals surface area (Å²) >= 11 is 12.4. The Labute approximate surface area is 254 Å². The smallest absolute Gasteiger partial charge is 0.435 e. The highest BCUT2D eigenvalue weighted by molar-refractivity contribution is 6.42. The number of rotatable bonds is 9. The van der Waals surface area contributed by atoms with Gasteiger partial charge in [-0.1, -0.05) is 35.3 Å². The first kappa shape index (κ1) is 28.1. The molecule has 0 spiro atoms. The summed E-state index contributed by atoms with van der Waals surface area (Å²) in [6.45, 7) is 1.90. The Hall–Kier alpha value is -3.74. The van der Waals surface area contributed by atoms with Crippen LogP contribution in [-0.2, 0) is 19.3 Å². The molecular formula is C29H27Cl2F3N8O. The molecule has 3 aromatic heterocycles. The van der Waals surface area contributed by atoms with Crippen molar-refractivity contribution >= 4 is 51.4 Å². The lowest BCUT2D eigenvalue weighted by Crippen LogP contribution is -2.59. The van der Waals surface area contributed by atoms with Crippen molar-refractivity contribution in [3.05, 3.63) is 75.8 Å². The van der Waals surface area contributed by atoms with Gasteiger partial charge in [0.2, 0.25) is 0 Å². The van der Waals surface area contributed by atoms with E-state index < -0.39 is 11.9 Å². The van der Waals surface area contributed by atoms with Crippen LogP contribution >= 0.6 is 23.2 Å². The molecule has 0 unspecified atom stereocenters. The van der Waals surface area contributed by atoms with Crippen LogP contribution in [0.5, 0.6) is 5.75 Å². The molecule has 0 atom stereocenters. The van der Waals surface area contributed by atoms with Gasteiger partial charge in [0.15, 0.2) is 17.2 Å². The molecule has 5 aromatic rings. The molecule has 0 bridgehead atoms. The summed E-state index contributed by atoms with van der Waals surface area (Å²) in [5, 5.41) is 8.76. The van der Waals surface area contributed by atoms with Crippen molar-refractivity contribution in [1.82, 2.24) is 29.9 Å². The molecule has 1 aliphatic heterocycles. The third kappa shape index (κ3) is 5.66. The predicted molar refractivity (Wildman–Crippen MR) is 159 cm³/mol. The minimum Gasteiger partial charge on any atom is -0.497 e. The maximum absolute atomic E-state index is 14.1. The van der Waals surface area contributed by atoms with Crippen molar-refractivity contribution in [3.63, 3.8) is 0 Å². The molecule has 0 amide bonds. The average Bonchev–Trinajstić information content (AvgIpc) is 3.53. The second-order valence-corrected chi connectivity index (χ2v) is 11.8. The van der Waals surface area contributed by atoms with Crippen molar-refractivity contribution in [2.45, 2.75) is 44.2 Å². The van der Waals surface area contributed by atoms with Crippen LogP contribution in [0.2, 0.25) is 10.0 Å². The van der Waals surface area contributed by atoms with Crippen LogP contribution in [0.25, 0.3) is 16.7 Å². The first-order chi connectivity index (χ1) is 20.6. The van der Waals surface area contributed by atoms with E-state index in [2.05, 4.69) is 20.4 Å². The minimum absolute atomic E-state index is 0.0972. The van der Waals surface area contributed by atoms with Crippen LogP contribution in [0.4, 0.5) is 24.7 Å². The second kappa shape index (κ2) is 10.8. The van der Waals surface area contributed by atoms with Gasteiger partial charge in [-0.15, -0.1) is 5.10 Å². The molecule has 2 aromatic carbocycles. The van der Waals surface area contributed by atoms with E-state index in [1.165, 1.54) is 0 Å². The van der Waals surface area contributed by atoms with E-state index in [9.17, 15) is 13.2 Å². The standard InChI is InChI=1S/C29H27Cl2F3N8O/c1-43-19-6-2-16(3-7-19)12-40(15-26-37-22-8-20(30)21(31)9-23(22)38-26)24-10-27(41-13-18(14-41)36-17-4-5-17)39-42-25(29(32,33)34)11-35-28(24)42/h2-3,6-11,17-18,36H,4-5,12-15H2,1H3,(H,37,38). The third-order valence-corrected chi connectivity index (χ3v) is 8.49. The molecule has 7 rings (SSSR count). The fourth-order valence-electron chi connectivity index (χ4n) is 5.37. The first-order valence-corrected chi connectivity index (χ1v) is 14.6. The SMILES string of the molecule is COc1ccc(CN(Cc2nc3cc(Cl)c(Cl)cc3[nH]2)c2cc(N3CC(NC4CC4)C3)nn3c(C(F)(F)F)cnc23)cc1. The number of hydrogen-bond acceptors (Lipinski definition) is 7. The molecule has 14 heteroatoms. The summed E-state index contributed by atoms with van der Waals surface area (Å²) in [6.07, 6.45) is -1.48. The van der Waals surface area contributed by atoms with Crippen LogP contribution in [-0.4, -0.2) is 56.8 Å². The number of imidazole rings is 2. The Morgan fingerprint density at radius 2 is 1.79 bits per heavy atom.